The number of primary sulfonamides is 1. The Morgan fingerprint density at radius 2 is 1.85 bits per heavy atom. The van der Waals surface area contributed by atoms with E-state index in [4.69, 9.17) is 9.88 Å². The fraction of sp³-hybridized carbons (Fsp3) is 0.0769. The van der Waals surface area contributed by atoms with Crippen molar-refractivity contribution in [2.24, 2.45) is 5.14 Å². The lowest BCUT2D eigenvalue weighted by Crippen LogP contribution is -2.13. The Balaban J connectivity index is 2.36. The van der Waals surface area contributed by atoms with Crippen LogP contribution in [0.15, 0.2) is 41.3 Å². The third-order valence-electron chi connectivity index (χ3n) is 2.60. The molecule has 0 aliphatic carbocycles. The quantitative estimate of drug-likeness (QED) is 0.947. The van der Waals surface area contributed by atoms with Gasteiger partial charge in [0, 0.05) is 0 Å². The van der Waals surface area contributed by atoms with Gasteiger partial charge in [-0.2, -0.15) is 4.39 Å². The van der Waals surface area contributed by atoms with E-state index in [1.54, 1.807) is 0 Å². The smallest absolute Gasteiger partial charge is 0.238 e. The highest BCUT2D eigenvalue weighted by Crippen LogP contribution is 2.28. The topological polar surface area (TPSA) is 69.4 Å². The Bertz CT molecular complexity index is 760. The second kappa shape index (κ2) is 5.18. The lowest BCUT2D eigenvalue weighted by atomic mass is 10.2. The summed E-state index contributed by atoms with van der Waals surface area (Å²) in [7, 11) is -3.83. The normalized spacial score (nSPS) is 11.4. The molecule has 4 nitrogen and oxygen atoms in total. The van der Waals surface area contributed by atoms with E-state index in [1.807, 2.05) is 0 Å². The van der Waals surface area contributed by atoms with Gasteiger partial charge < -0.3 is 4.74 Å². The van der Waals surface area contributed by atoms with Gasteiger partial charge in [-0.3, -0.25) is 0 Å². The fourth-order valence-electron chi connectivity index (χ4n) is 1.69. The highest BCUT2D eigenvalue weighted by molar-refractivity contribution is 7.89. The summed E-state index contributed by atoms with van der Waals surface area (Å²) in [5.41, 5.74) is 0.349. The molecular weight excluding hydrogens is 288 g/mol. The molecule has 0 unspecified atom stereocenters. The number of ether oxygens (including phenoxy) is 1. The van der Waals surface area contributed by atoms with Crippen LogP contribution < -0.4 is 9.88 Å². The molecule has 0 spiro atoms. The molecule has 7 heteroatoms. The molecule has 0 radical (unpaired) electrons. The Kier molecular flexibility index (Phi) is 3.74. The number of benzene rings is 2. The van der Waals surface area contributed by atoms with Crippen LogP contribution in [0.25, 0.3) is 0 Å². The molecule has 106 valence electrons. The maximum atomic E-state index is 13.4. The monoisotopic (exact) mass is 299 g/mol. The molecule has 0 aliphatic heterocycles. The molecule has 20 heavy (non-hydrogen) atoms. The van der Waals surface area contributed by atoms with Crippen LogP contribution in [0.4, 0.5) is 8.78 Å². The van der Waals surface area contributed by atoms with Crippen molar-refractivity contribution in [1.29, 1.82) is 0 Å². The number of halogens is 2. The van der Waals surface area contributed by atoms with E-state index < -0.39 is 21.7 Å². The molecule has 0 heterocycles. The molecule has 2 aromatic rings. The third-order valence-corrected chi connectivity index (χ3v) is 3.67. The third kappa shape index (κ3) is 2.94. The zero-order chi connectivity index (χ0) is 14.9. The number of hydrogen-bond donors (Lipinski definition) is 1. The fourth-order valence-corrected chi connectivity index (χ4v) is 2.46. The molecule has 0 aliphatic rings. The van der Waals surface area contributed by atoms with Gasteiger partial charge in [0.2, 0.25) is 15.8 Å². The summed E-state index contributed by atoms with van der Waals surface area (Å²) in [5, 5.41) is 5.03. The number of hydrogen-bond acceptors (Lipinski definition) is 3. The zero-order valence-electron chi connectivity index (χ0n) is 10.4. The molecule has 2 N–H and O–H groups in total. The predicted molar refractivity (Wildman–Crippen MR) is 69.0 cm³/mol. The van der Waals surface area contributed by atoms with Crippen molar-refractivity contribution < 1.29 is 21.9 Å². The van der Waals surface area contributed by atoms with Gasteiger partial charge in [-0.15, -0.1) is 0 Å². The summed E-state index contributed by atoms with van der Waals surface area (Å²) < 4.78 is 54.2. The van der Waals surface area contributed by atoms with Gasteiger partial charge in [-0.1, -0.05) is 6.07 Å². The molecule has 0 atom stereocenters. The van der Waals surface area contributed by atoms with E-state index in [1.165, 1.54) is 37.3 Å². The number of aryl methyl sites for hydroxylation is 1. The van der Waals surface area contributed by atoms with Crippen molar-refractivity contribution >= 4 is 10.0 Å². The first-order valence-corrected chi connectivity index (χ1v) is 7.09. The maximum Gasteiger partial charge on any atom is 0.238 e. The Morgan fingerprint density at radius 3 is 2.45 bits per heavy atom. The summed E-state index contributed by atoms with van der Waals surface area (Å²) >= 11 is 0. The first-order chi connectivity index (χ1) is 9.29. The van der Waals surface area contributed by atoms with E-state index in [9.17, 15) is 17.2 Å². The lowest BCUT2D eigenvalue weighted by Gasteiger charge is -2.09. The average molecular weight is 299 g/mol. The molecule has 2 rings (SSSR count). The summed E-state index contributed by atoms with van der Waals surface area (Å²) in [5.74, 6) is -2.24. The molecule has 0 saturated heterocycles. The minimum Gasteiger partial charge on any atom is -0.454 e. The van der Waals surface area contributed by atoms with E-state index in [0.29, 0.717) is 5.56 Å². The standard InChI is InChI=1S/C13H11F2NO3S/c1-8-7-9(5-6-12(8)20(16,17)18)19-11-4-2-3-10(14)13(11)15/h2-7H,1H3,(H2,16,17,18). The minimum absolute atomic E-state index is 0.0513. The summed E-state index contributed by atoms with van der Waals surface area (Å²) in [4.78, 5) is -0.0513. The summed E-state index contributed by atoms with van der Waals surface area (Å²) in [6.45, 7) is 1.52. The molecule has 0 saturated carbocycles. The van der Waals surface area contributed by atoms with E-state index >= 15 is 0 Å². The Morgan fingerprint density at radius 1 is 1.15 bits per heavy atom. The average Bonchev–Trinajstić information content (AvgIpc) is 2.33. The van der Waals surface area contributed by atoms with Crippen molar-refractivity contribution in [3.05, 3.63) is 53.6 Å². The van der Waals surface area contributed by atoms with Crippen LogP contribution in [0.3, 0.4) is 0 Å². The molecule has 0 bridgehead atoms. The highest BCUT2D eigenvalue weighted by atomic mass is 32.2. The van der Waals surface area contributed by atoms with Crippen molar-refractivity contribution in [3.63, 3.8) is 0 Å². The van der Waals surface area contributed by atoms with Crippen LogP contribution >= 0.6 is 0 Å². The lowest BCUT2D eigenvalue weighted by molar-refractivity contribution is 0.415. The van der Waals surface area contributed by atoms with Gasteiger partial charge in [-0.05, 0) is 42.8 Å². The summed E-state index contributed by atoms with van der Waals surface area (Å²) in [6, 6.07) is 7.48. The first-order valence-electron chi connectivity index (χ1n) is 5.54. The number of sulfonamides is 1. The van der Waals surface area contributed by atoms with Crippen molar-refractivity contribution in [3.8, 4) is 11.5 Å². The van der Waals surface area contributed by atoms with Crippen molar-refractivity contribution in [1.82, 2.24) is 0 Å². The minimum atomic E-state index is -3.83. The predicted octanol–water partition coefficient (Wildman–Crippen LogP) is 2.71. The maximum absolute atomic E-state index is 13.4. The number of rotatable bonds is 3. The van der Waals surface area contributed by atoms with Gasteiger partial charge in [-0.25, -0.2) is 17.9 Å². The second-order valence-electron chi connectivity index (χ2n) is 4.13. The molecule has 0 amide bonds. The van der Waals surface area contributed by atoms with E-state index in [0.717, 1.165) is 6.07 Å². The number of nitrogens with two attached hydrogens (primary N) is 1. The molecule has 0 fully saturated rings. The largest absolute Gasteiger partial charge is 0.454 e. The van der Waals surface area contributed by atoms with Gasteiger partial charge in [0.05, 0.1) is 4.90 Å². The van der Waals surface area contributed by atoms with Crippen molar-refractivity contribution in [2.75, 3.05) is 0 Å². The van der Waals surface area contributed by atoms with E-state index in [-0.39, 0.29) is 16.4 Å². The van der Waals surface area contributed by atoms with Gasteiger partial charge in [0.25, 0.3) is 0 Å². The Hall–Kier alpha value is -1.99. The van der Waals surface area contributed by atoms with Crippen LogP contribution in [0, 0.1) is 18.6 Å². The van der Waals surface area contributed by atoms with Gasteiger partial charge in [0.15, 0.2) is 11.6 Å². The molecular formula is C13H11F2NO3S. The van der Waals surface area contributed by atoms with Crippen molar-refractivity contribution in [2.45, 2.75) is 11.8 Å². The zero-order valence-corrected chi connectivity index (χ0v) is 11.2. The van der Waals surface area contributed by atoms with Crippen LogP contribution in [-0.4, -0.2) is 8.42 Å². The highest BCUT2D eigenvalue weighted by Gasteiger charge is 2.14. The van der Waals surface area contributed by atoms with E-state index in [2.05, 4.69) is 0 Å². The van der Waals surface area contributed by atoms with Gasteiger partial charge in [0.1, 0.15) is 5.75 Å². The van der Waals surface area contributed by atoms with Crippen LogP contribution in [-0.2, 0) is 10.0 Å². The SMILES string of the molecule is Cc1cc(Oc2cccc(F)c2F)ccc1S(N)(=O)=O. The van der Waals surface area contributed by atoms with Crippen LogP contribution in [0.2, 0.25) is 0 Å². The molecule has 0 aromatic heterocycles. The van der Waals surface area contributed by atoms with Crippen LogP contribution in [0.5, 0.6) is 11.5 Å². The molecule has 2 aromatic carbocycles. The Labute approximate surface area is 114 Å². The second-order valence-corrected chi connectivity index (χ2v) is 5.66. The van der Waals surface area contributed by atoms with Crippen LogP contribution in [0.1, 0.15) is 5.56 Å². The first kappa shape index (κ1) is 14.4. The van der Waals surface area contributed by atoms with Gasteiger partial charge >= 0.3 is 0 Å². The summed E-state index contributed by atoms with van der Waals surface area (Å²) in [6.07, 6.45) is 0.